The smallest absolute Gasteiger partial charge is 0.287 e. The van der Waals surface area contributed by atoms with E-state index in [0.717, 1.165) is 50.4 Å². The number of hydrogen-bond acceptors (Lipinski definition) is 2. The van der Waals surface area contributed by atoms with Crippen LogP contribution in [0.15, 0.2) is 30.0 Å². The zero-order valence-electron chi connectivity index (χ0n) is 11.0. The van der Waals surface area contributed by atoms with Gasteiger partial charge in [-0.3, -0.25) is 9.78 Å². The van der Waals surface area contributed by atoms with Crippen LogP contribution in [0.1, 0.15) is 54.6 Å². The third-order valence-electron chi connectivity index (χ3n) is 3.41. The van der Waals surface area contributed by atoms with Gasteiger partial charge in [0.05, 0.1) is 5.56 Å². The highest BCUT2D eigenvalue weighted by molar-refractivity contribution is 6.07. The monoisotopic (exact) mass is 283 g/mol. The molecule has 0 bridgehead atoms. The number of pyridine rings is 1. The Morgan fingerprint density at radius 2 is 1.85 bits per heavy atom. The van der Waals surface area contributed by atoms with Crippen molar-refractivity contribution in [1.29, 1.82) is 0 Å². The Morgan fingerprint density at radius 3 is 2.50 bits per heavy atom. The first-order valence-electron chi connectivity index (χ1n) is 6.75. The molecule has 2 rings (SSSR count). The molecule has 0 amide bonds. The minimum atomic E-state index is -4.42. The second kappa shape index (κ2) is 6.20. The number of Topliss-reactive ketones (excluding diaryl/α,β-unsaturated/α-hetero) is 1. The summed E-state index contributed by atoms with van der Waals surface area (Å²) in [6.07, 6.45) is 3.98. The second-order valence-electron chi connectivity index (χ2n) is 4.94. The summed E-state index contributed by atoms with van der Waals surface area (Å²) in [5, 5.41) is 0. The van der Waals surface area contributed by atoms with Crippen molar-refractivity contribution in [2.24, 2.45) is 0 Å². The predicted octanol–water partition coefficient (Wildman–Crippen LogP) is 4.56. The Morgan fingerprint density at radius 1 is 1.10 bits per heavy atom. The zero-order chi connectivity index (χ0) is 14.6. The summed E-state index contributed by atoms with van der Waals surface area (Å²) < 4.78 is 37.3. The molecule has 1 aliphatic carbocycles. The molecule has 1 aromatic heterocycles. The molecule has 0 aromatic carbocycles. The number of allylic oxidation sites excluding steroid dienone is 2. The Labute approximate surface area is 115 Å². The van der Waals surface area contributed by atoms with Gasteiger partial charge in [-0.15, -0.1) is 0 Å². The Balaban J connectivity index is 2.16. The van der Waals surface area contributed by atoms with Crippen LogP contribution in [-0.2, 0) is 6.18 Å². The van der Waals surface area contributed by atoms with Gasteiger partial charge in [-0.05, 0) is 43.4 Å². The first-order chi connectivity index (χ1) is 9.48. The third-order valence-corrected chi connectivity index (χ3v) is 3.41. The molecule has 0 aliphatic heterocycles. The fourth-order valence-corrected chi connectivity index (χ4v) is 2.26. The molecule has 0 N–H and O–H groups in total. The number of ketones is 1. The minimum absolute atomic E-state index is 0.0878. The molecule has 1 heterocycles. The Bertz CT molecular complexity index is 503. The van der Waals surface area contributed by atoms with Crippen molar-refractivity contribution >= 4 is 5.78 Å². The van der Waals surface area contributed by atoms with Crippen molar-refractivity contribution < 1.29 is 18.0 Å². The Hall–Kier alpha value is -1.65. The van der Waals surface area contributed by atoms with Gasteiger partial charge in [0.1, 0.15) is 5.69 Å². The molecule has 1 aliphatic rings. The first kappa shape index (κ1) is 14.8. The summed E-state index contributed by atoms with van der Waals surface area (Å²) in [5.74, 6) is -0.249. The molecular formula is C15H16F3NO. The van der Waals surface area contributed by atoms with Crippen LogP contribution >= 0.6 is 0 Å². The van der Waals surface area contributed by atoms with E-state index in [2.05, 4.69) is 4.98 Å². The standard InChI is InChI=1S/C15H16F3NO/c16-15(17,18)12-8-9-13(19-10-12)14(20)11-6-4-2-1-3-5-7-11/h6,8-10H,1-5,7H2/b11-6+. The van der Waals surface area contributed by atoms with E-state index in [1.807, 2.05) is 6.08 Å². The SMILES string of the molecule is O=C(/C1=C/CCCCCC1)c1ccc(C(F)(F)F)cn1. The van der Waals surface area contributed by atoms with E-state index in [4.69, 9.17) is 0 Å². The highest BCUT2D eigenvalue weighted by Gasteiger charge is 2.31. The van der Waals surface area contributed by atoms with Crippen LogP contribution in [0.2, 0.25) is 0 Å². The molecule has 0 radical (unpaired) electrons. The van der Waals surface area contributed by atoms with Crippen molar-refractivity contribution in [2.75, 3.05) is 0 Å². The number of alkyl halides is 3. The van der Waals surface area contributed by atoms with Gasteiger partial charge < -0.3 is 0 Å². The molecule has 20 heavy (non-hydrogen) atoms. The number of carbonyl (C=O) groups excluding carboxylic acids is 1. The molecule has 1 aromatic rings. The van der Waals surface area contributed by atoms with Crippen LogP contribution in [-0.4, -0.2) is 10.8 Å². The molecule has 0 fully saturated rings. The lowest BCUT2D eigenvalue weighted by Crippen LogP contribution is -2.10. The van der Waals surface area contributed by atoms with Crippen LogP contribution in [0.3, 0.4) is 0 Å². The number of halogens is 3. The van der Waals surface area contributed by atoms with E-state index >= 15 is 0 Å². The van der Waals surface area contributed by atoms with Crippen molar-refractivity contribution in [3.05, 3.63) is 41.2 Å². The molecule has 108 valence electrons. The van der Waals surface area contributed by atoms with Gasteiger partial charge in [-0.1, -0.05) is 18.9 Å². The summed E-state index contributed by atoms with van der Waals surface area (Å²) in [6, 6.07) is 2.06. The van der Waals surface area contributed by atoms with Crippen LogP contribution < -0.4 is 0 Å². The fraction of sp³-hybridized carbons (Fsp3) is 0.467. The molecule has 5 heteroatoms. The van der Waals surface area contributed by atoms with E-state index in [0.29, 0.717) is 12.0 Å². The third kappa shape index (κ3) is 3.68. The normalized spacial score (nSPS) is 19.6. The summed E-state index contributed by atoms with van der Waals surface area (Å²) in [4.78, 5) is 15.9. The number of aromatic nitrogens is 1. The summed E-state index contributed by atoms with van der Waals surface area (Å²) >= 11 is 0. The van der Waals surface area contributed by atoms with Gasteiger partial charge in [-0.25, -0.2) is 0 Å². The minimum Gasteiger partial charge on any atom is -0.287 e. The first-order valence-corrected chi connectivity index (χ1v) is 6.75. The fourth-order valence-electron chi connectivity index (χ4n) is 2.26. The van der Waals surface area contributed by atoms with Crippen LogP contribution in [0, 0.1) is 0 Å². The van der Waals surface area contributed by atoms with E-state index in [9.17, 15) is 18.0 Å². The number of hydrogen-bond donors (Lipinski definition) is 0. The second-order valence-corrected chi connectivity index (χ2v) is 4.94. The average molecular weight is 283 g/mol. The summed E-state index contributed by atoms with van der Waals surface area (Å²) in [5.41, 5.74) is -0.0671. The highest BCUT2D eigenvalue weighted by Crippen LogP contribution is 2.28. The van der Waals surface area contributed by atoms with Gasteiger partial charge in [0.15, 0.2) is 0 Å². The van der Waals surface area contributed by atoms with Gasteiger partial charge in [0, 0.05) is 6.20 Å². The zero-order valence-corrected chi connectivity index (χ0v) is 11.0. The van der Waals surface area contributed by atoms with Crippen LogP contribution in [0.25, 0.3) is 0 Å². The van der Waals surface area contributed by atoms with E-state index in [1.54, 1.807) is 0 Å². The maximum Gasteiger partial charge on any atom is 0.417 e. The summed E-state index contributed by atoms with van der Waals surface area (Å²) in [6.45, 7) is 0. The summed E-state index contributed by atoms with van der Waals surface area (Å²) in [7, 11) is 0. The molecule has 0 unspecified atom stereocenters. The topological polar surface area (TPSA) is 30.0 Å². The van der Waals surface area contributed by atoms with E-state index in [-0.39, 0.29) is 11.5 Å². The van der Waals surface area contributed by atoms with Crippen molar-refractivity contribution in [3.8, 4) is 0 Å². The lowest BCUT2D eigenvalue weighted by molar-refractivity contribution is -0.137. The highest BCUT2D eigenvalue weighted by atomic mass is 19.4. The molecule has 2 nitrogen and oxygen atoms in total. The van der Waals surface area contributed by atoms with E-state index < -0.39 is 11.7 Å². The van der Waals surface area contributed by atoms with Crippen molar-refractivity contribution in [1.82, 2.24) is 4.98 Å². The lowest BCUT2D eigenvalue weighted by atomic mass is 9.96. The average Bonchev–Trinajstić information content (AvgIpc) is 2.37. The quantitative estimate of drug-likeness (QED) is 0.744. The number of rotatable bonds is 2. The molecule has 0 saturated heterocycles. The van der Waals surface area contributed by atoms with E-state index in [1.165, 1.54) is 0 Å². The number of carbonyl (C=O) groups is 1. The van der Waals surface area contributed by atoms with Gasteiger partial charge >= 0.3 is 6.18 Å². The molecule has 0 saturated carbocycles. The number of nitrogens with zero attached hydrogens (tertiary/aromatic N) is 1. The van der Waals surface area contributed by atoms with Gasteiger partial charge in [-0.2, -0.15) is 13.2 Å². The predicted molar refractivity (Wildman–Crippen MR) is 69.4 cm³/mol. The van der Waals surface area contributed by atoms with Gasteiger partial charge in [0.2, 0.25) is 5.78 Å². The maximum atomic E-state index is 12.4. The van der Waals surface area contributed by atoms with Crippen molar-refractivity contribution in [2.45, 2.75) is 44.7 Å². The Kier molecular flexibility index (Phi) is 4.57. The van der Waals surface area contributed by atoms with Crippen LogP contribution in [0.5, 0.6) is 0 Å². The molecule has 0 atom stereocenters. The molecular weight excluding hydrogens is 267 g/mol. The molecule has 0 spiro atoms. The van der Waals surface area contributed by atoms with Crippen LogP contribution in [0.4, 0.5) is 13.2 Å². The van der Waals surface area contributed by atoms with Gasteiger partial charge in [0.25, 0.3) is 0 Å². The largest absolute Gasteiger partial charge is 0.417 e. The maximum absolute atomic E-state index is 12.4. The lowest BCUT2D eigenvalue weighted by Gasteiger charge is -2.11. The van der Waals surface area contributed by atoms with Crippen molar-refractivity contribution in [3.63, 3.8) is 0 Å².